The number of halogens is 1. The van der Waals surface area contributed by atoms with Gasteiger partial charge in [-0.05, 0) is 24.6 Å². The van der Waals surface area contributed by atoms with Gasteiger partial charge in [0.05, 0.1) is 19.6 Å². The Kier molecular flexibility index (Phi) is 3.84. The van der Waals surface area contributed by atoms with Crippen molar-refractivity contribution in [2.24, 2.45) is 0 Å². The Hall–Kier alpha value is -1.62. The van der Waals surface area contributed by atoms with Crippen molar-refractivity contribution in [2.45, 2.75) is 19.4 Å². The molecule has 0 aromatic heterocycles. The van der Waals surface area contributed by atoms with E-state index in [1.165, 1.54) is 13.2 Å². The number of carbonyl (C=O) groups is 1. The number of rotatable bonds is 4. The van der Waals surface area contributed by atoms with E-state index in [0.717, 1.165) is 6.07 Å². The summed E-state index contributed by atoms with van der Waals surface area (Å²) in [6.45, 7) is 1.56. The van der Waals surface area contributed by atoms with Crippen molar-refractivity contribution in [3.63, 3.8) is 0 Å². The minimum Gasteiger partial charge on any atom is -0.496 e. The summed E-state index contributed by atoms with van der Waals surface area (Å²) < 4.78 is 18.2. The van der Waals surface area contributed by atoms with E-state index >= 15 is 0 Å². The van der Waals surface area contributed by atoms with Crippen LogP contribution in [0.15, 0.2) is 12.1 Å². The maximum atomic E-state index is 13.3. The van der Waals surface area contributed by atoms with Crippen LogP contribution in [0.2, 0.25) is 0 Å². The summed E-state index contributed by atoms with van der Waals surface area (Å²) in [5.41, 5.74) is 0.524. The van der Waals surface area contributed by atoms with Gasteiger partial charge in [0.1, 0.15) is 11.6 Å². The lowest BCUT2D eigenvalue weighted by atomic mass is 10.0. The summed E-state index contributed by atoms with van der Waals surface area (Å²) in [7, 11) is 1.38. The molecular weight excluding hydrogens is 215 g/mol. The van der Waals surface area contributed by atoms with Gasteiger partial charge >= 0.3 is 5.97 Å². The number of hydrogen-bond acceptors (Lipinski definition) is 3. The molecule has 0 amide bonds. The van der Waals surface area contributed by atoms with Gasteiger partial charge in [0.2, 0.25) is 0 Å². The van der Waals surface area contributed by atoms with E-state index in [2.05, 4.69) is 0 Å². The van der Waals surface area contributed by atoms with Gasteiger partial charge in [-0.2, -0.15) is 0 Å². The van der Waals surface area contributed by atoms with Crippen LogP contribution >= 0.6 is 0 Å². The quantitative estimate of drug-likeness (QED) is 0.822. The van der Waals surface area contributed by atoms with Crippen LogP contribution < -0.4 is 4.74 Å². The molecule has 0 fully saturated rings. The molecule has 0 bridgehead atoms. The van der Waals surface area contributed by atoms with Crippen LogP contribution in [-0.2, 0) is 4.79 Å². The van der Waals surface area contributed by atoms with Gasteiger partial charge in [-0.25, -0.2) is 4.39 Å². The van der Waals surface area contributed by atoms with Crippen LogP contribution in [0.5, 0.6) is 5.75 Å². The molecule has 0 radical (unpaired) electrons. The highest BCUT2D eigenvalue weighted by molar-refractivity contribution is 5.68. The smallest absolute Gasteiger partial charge is 0.306 e. The summed E-state index contributed by atoms with van der Waals surface area (Å²) in [5, 5.41) is 18.1. The van der Waals surface area contributed by atoms with E-state index < -0.39 is 24.3 Å². The van der Waals surface area contributed by atoms with Gasteiger partial charge in [-0.15, -0.1) is 0 Å². The average molecular weight is 228 g/mol. The molecule has 0 unspecified atom stereocenters. The van der Waals surface area contributed by atoms with Gasteiger partial charge in [-0.3, -0.25) is 4.79 Å². The molecule has 5 heteroatoms. The molecule has 88 valence electrons. The fraction of sp³-hybridized carbons (Fsp3) is 0.364. The third kappa shape index (κ3) is 2.70. The summed E-state index contributed by atoms with van der Waals surface area (Å²) in [5.74, 6) is -1.37. The monoisotopic (exact) mass is 228 g/mol. The number of carboxylic acids is 1. The highest BCUT2D eigenvalue weighted by atomic mass is 19.1. The predicted molar refractivity (Wildman–Crippen MR) is 54.9 cm³/mol. The van der Waals surface area contributed by atoms with Gasteiger partial charge in [0.25, 0.3) is 0 Å². The number of aryl methyl sites for hydroxylation is 1. The Balaban J connectivity index is 3.10. The minimum absolute atomic E-state index is 0.146. The molecule has 0 saturated carbocycles. The Bertz CT molecular complexity index is 403. The van der Waals surface area contributed by atoms with Gasteiger partial charge in [0, 0.05) is 5.56 Å². The molecule has 0 heterocycles. The average Bonchev–Trinajstić information content (AvgIpc) is 2.20. The molecular formula is C11H13FO4. The zero-order valence-electron chi connectivity index (χ0n) is 9.03. The molecule has 0 aliphatic rings. The van der Waals surface area contributed by atoms with Crippen LogP contribution in [0.4, 0.5) is 4.39 Å². The highest BCUT2D eigenvalue weighted by Gasteiger charge is 2.18. The SMILES string of the molecule is COc1cc(C)c(F)cc1[C@@H](O)CC(=O)O. The number of aliphatic carboxylic acids is 1. The highest BCUT2D eigenvalue weighted by Crippen LogP contribution is 2.29. The molecule has 1 aromatic rings. The number of aliphatic hydroxyl groups is 1. The second-order valence-electron chi connectivity index (χ2n) is 3.46. The number of aliphatic hydroxyl groups excluding tert-OH is 1. The van der Waals surface area contributed by atoms with Crippen molar-refractivity contribution >= 4 is 5.97 Å². The van der Waals surface area contributed by atoms with Crippen LogP contribution in [0.25, 0.3) is 0 Å². The van der Waals surface area contributed by atoms with Crippen molar-refractivity contribution in [3.05, 3.63) is 29.1 Å². The zero-order chi connectivity index (χ0) is 12.3. The lowest BCUT2D eigenvalue weighted by molar-refractivity contribution is -0.139. The number of hydrogen-bond donors (Lipinski definition) is 2. The second-order valence-corrected chi connectivity index (χ2v) is 3.46. The molecule has 1 rings (SSSR count). The molecule has 0 saturated heterocycles. The topological polar surface area (TPSA) is 66.8 Å². The zero-order valence-corrected chi connectivity index (χ0v) is 9.03. The third-order valence-electron chi connectivity index (χ3n) is 2.24. The first-order valence-electron chi connectivity index (χ1n) is 4.69. The van der Waals surface area contributed by atoms with E-state index in [1.807, 2.05) is 0 Å². The van der Waals surface area contributed by atoms with Gasteiger partial charge < -0.3 is 14.9 Å². The van der Waals surface area contributed by atoms with Crippen LogP contribution in [-0.4, -0.2) is 23.3 Å². The van der Waals surface area contributed by atoms with Crippen molar-refractivity contribution in [1.82, 2.24) is 0 Å². The molecule has 1 aromatic carbocycles. The fourth-order valence-electron chi connectivity index (χ4n) is 1.38. The Labute approximate surface area is 92.3 Å². The molecule has 1 atom stereocenters. The minimum atomic E-state index is -1.28. The number of methoxy groups -OCH3 is 1. The van der Waals surface area contributed by atoms with E-state index in [1.54, 1.807) is 6.92 Å². The molecule has 2 N–H and O–H groups in total. The summed E-state index contributed by atoms with van der Waals surface area (Å²) in [6, 6.07) is 2.53. The Morgan fingerprint density at radius 1 is 1.56 bits per heavy atom. The summed E-state index contributed by atoms with van der Waals surface area (Å²) >= 11 is 0. The molecule has 0 spiro atoms. The number of carboxylic acid groups (broad SMARTS) is 1. The maximum absolute atomic E-state index is 13.3. The Morgan fingerprint density at radius 3 is 2.69 bits per heavy atom. The summed E-state index contributed by atoms with van der Waals surface area (Å²) in [4.78, 5) is 10.4. The number of ether oxygens (including phenoxy) is 1. The standard InChI is InChI=1S/C11H13FO4/c1-6-3-10(16-2)7(4-8(6)12)9(13)5-11(14)15/h3-4,9,13H,5H2,1-2H3,(H,14,15)/t9-/m0/s1. The lowest BCUT2D eigenvalue weighted by Crippen LogP contribution is -2.07. The van der Waals surface area contributed by atoms with Gasteiger partial charge in [-0.1, -0.05) is 0 Å². The summed E-state index contributed by atoms with van der Waals surface area (Å²) in [6.07, 6.45) is -1.76. The first-order valence-corrected chi connectivity index (χ1v) is 4.69. The predicted octanol–water partition coefficient (Wildman–Crippen LogP) is 1.65. The van der Waals surface area contributed by atoms with Crippen molar-refractivity contribution in [2.75, 3.05) is 7.11 Å². The van der Waals surface area contributed by atoms with Crippen LogP contribution in [0.1, 0.15) is 23.7 Å². The van der Waals surface area contributed by atoms with E-state index in [0.29, 0.717) is 5.56 Å². The maximum Gasteiger partial charge on any atom is 0.306 e. The molecule has 16 heavy (non-hydrogen) atoms. The normalized spacial score (nSPS) is 12.2. The number of benzene rings is 1. The van der Waals surface area contributed by atoms with Crippen molar-refractivity contribution < 1.29 is 24.1 Å². The second kappa shape index (κ2) is 4.94. The van der Waals surface area contributed by atoms with Crippen LogP contribution in [0, 0.1) is 12.7 Å². The van der Waals surface area contributed by atoms with Crippen molar-refractivity contribution in [1.29, 1.82) is 0 Å². The van der Waals surface area contributed by atoms with Gasteiger partial charge in [0.15, 0.2) is 0 Å². The lowest BCUT2D eigenvalue weighted by Gasteiger charge is -2.14. The molecule has 0 aliphatic carbocycles. The van der Waals surface area contributed by atoms with Crippen LogP contribution in [0.3, 0.4) is 0 Å². The van der Waals surface area contributed by atoms with E-state index in [-0.39, 0.29) is 11.3 Å². The first-order chi connectivity index (χ1) is 7.45. The molecule has 0 aliphatic heterocycles. The first kappa shape index (κ1) is 12.4. The molecule has 4 nitrogen and oxygen atoms in total. The van der Waals surface area contributed by atoms with Crippen molar-refractivity contribution in [3.8, 4) is 5.75 Å². The fourth-order valence-corrected chi connectivity index (χ4v) is 1.38. The van der Waals surface area contributed by atoms with E-state index in [4.69, 9.17) is 9.84 Å². The largest absolute Gasteiger partial charge is 0.496 e. The Morgan fingerprint density at radius 2 is 2.19 bits per heavy atom. The van der Waals surface area contributed by atoms with E-state index in [9.17, 15) is 14.3 Å². The third-order valence-corrected chi connectivity index (χ3v) is 2.24.